The van der Waals surface area contributed by atoms with Crippen molar-refractivity contribution in [2.24, 2.45) is 0 Å². The molecule has 6 nitrogen and oxygen atoms in total. The van der Waals surface area contributed by atoms with Crippen molar-refractivity contribution in [2.75, 3.05) is 5.32 Å². The Hall–Kier alpha value is -2.21. The average molecular weight is 265 g/mol. The summed E-state index contributed by atoms with van der Waals surface area (Å²) < 4.78 is 0. The van der Waals surface area contributed by atoms with E-state index in [0.29, 0.717) is 5.69 Å². The summed E-state index contributed by atoms with van der Waals surface area (Å²) in [5.74, 6) is 0.0746. The van der Waals surface area contributed by atoms with Gasteiger partial charge in [-0.3, -0.25) is 10.1 Å². The Morgan fingerprint density at radius 3 is 2.83 bits per heavy atom. The number of hydrogen-bond donors (Lipinski definition) is 1. The molecule has 1 aromatic carbocycles. The van der Waals surface area contributed by atoms with Gasteiger partial charge in [0.2, 0.25) is 11.0 Å². The van der Waals surface area contributed by atoms with Crippen LogP contribution in [0.25, 0.3) is 0 Å². The third-order valence-electron chi connectivity index (χ3n) is 2.24. The molecule has 0 aliphatic heterocycles. The fraction of sp³-hybridized carbons (Fsp3) is 0.0909. The van der Waals surface area contributed by atoms with Crippen LogP contribution in [-0.4, -0.2) is 14.9 Å². The molecule has 0 atom stereocenters. The average Bonchev–Trinajstić information content (AvgIpc) is 2.28. The van der Waals surface area contributed by atoms with Gasteiger partial charge in [0, 0.05) is 5.69 Å². The molecule has 0 radical (unpaired) electrons. The molecule has 0 saturated heterocycles. The summed E-state index contributed by atoms with van der Waals surface area (Å²) in [4.78, 5) is 17.7. The molecule has 0 unspecified atom stereocenters. The third kappa shape index (κ3) is 2.54. The summed E-state index contributed by atoms with van der Waals surface area (Å²) in [6.45, 7) is 1.92. The lowest BCUT2D eigenvalue weighted by Crippen LogP contribution is -2.01. The molecule has 0 amide bonds. The van der Waals surface area contributed by atoms with Crippen molar-refractivity contribution in [1.82, 2.24) is 9.97 Å². The second-order valence-electron chi connectivity index (χ2n) is 3.61. The summed E-state index contributed by atoms with van der Waals surface area (Å²) in [6.07, 6.45) is 1.17. The molecule has 0 spiro atoms. The Kier molecular flexibility index (Phi) is 3.38. The van der Waals surface area contributed by atoms with Gasteiger partial charge in [-0.25, -0.2) is 9.97 Å². The zero-order chi connectivity index (χ0) is 13.1. The van der Waals surface area contributed by atoms with Crippen LogP contribution in [0.4, 0.5) is 17.2 Å². The molecular weight excluding hydrogens is 256 g/mol. The highest BCUT2D eigenvalue weighted by atomic mass is 35.5. The zero-order valence-electron chi connectivity index (χ0n) is 9.42. The predicted molar refractivity (Wildman–Crippen MR) is 68.2 cm³/mol. The first kappa shape index (κ1) is 12.3. The Labute approximate surface area is 108 Å². The lowest BCUT2D eigenvalue weighted by atomic mass is 10.2. The minimum atomic E-state index is -0.611. The van der Waals surface area contributed by atoms with Gasteiger partial charge in [0.1, 0.15) is 6.33 Å². The van der Waals surface area contributed by atoms with Crippen LogP contribution in [0.2, 0.25) is 5.15 Å². The van der Waals surface area contributed by atoms with E-state index in [1.165, 1.54) is 6.33 Å². The summed E-state index contributed by atoms with van der Waals surface area (Å²) in [5, 5.41) is 13.6. The van der Waals surface area contributed by atoms with Crippen LogP contribution in [0.3, 0.4) is 0 Å². The topological polar surface area (TPSA) is 81.0 Å². The fourth-order valence-corrected chi connectivity index (χ4v) is 1.67. The Morgan fingerprint density at radius 1 is 1.39 bits per heavy atom. The van der Waals surface area contributed by atoms with Gasteiger partial charge in [0.05, 0.1) is 4.92 Å². The second kappa shape index (κ2) is 4.97. The molecule has 1 heterocycles. The molecule has 18 heavy (non-hydrogen) atoms. The van der Waals surface area contributed by atoms with E-state index in [9.17, 15) is 10.1 Å². The number of anilines is 2. The van der Waals surface area contributed by atoms with Gasteiger partial charge in [-0.05, 0) is 24.6 Å². The molecule has 0 saturated carbocycles. The van der Waals surface area contributed by atoms with Crippen LogP contribution >= 0.6 is 11.6 Å². The predicted octanol–water partition coefficient (Wildman–Crippen LogP) is 3.09. The summed E-state index contributed by atoms with van der Waals surface area (Å²) in [5.41, 5.74) is 1.40. The highest BCUT2D eigenvalue weighted by molar-refractivity contribution is 6.31. The molecule has 2 rings (SSSR count). The summed E-state index contributed by atoms with van der Waals surface area (Å²) >= 11 is 5.69. The van der Waals surface area contributed by atoms with E-state index in [1.807, 2.05) is 25.1 Å². The summed E-state index contributed by atoms with van der Waals surface area (Å²) in [7, 11) is 0. The van der Waals surface area contributed by atoms with Crippen molar-refractivity contribution >= 4 is 28.8 Å². The number of benzene rings is 1. The van der Waals surface area contributed by atoms with E-state index in [0.717, 1.165) is 5.56 Å². The van der Waals surface area contributed by atoms with Crippen molar-refractivity contribution in [2.45, 2.75) is 6.92 Å². The van der Waals surface area contributed by atoms with Gasteiger partial charge >= 0.3 is 5.69 Å². The third-order valence-corrected chi connectivity index (χ3v) is 2.52. The van der Waals surface area contributed by atoms with Gasteiger partial charge in [0.15, 0.2) is 0 Å². The maximum atomic E-state index is 10.9. The van der Waals surface area contributed by atoms with Gasteiger partial charge in [-0.1, -0.05) is 23.7 Å². The van der Waals surface area contributed by atoms with Gasteiger partial charge < -0.3 is 5.32 Å². The maximum absolute atomic E-state index is 10.9. The smallest absolute Gasteiger partial charge is 0.334 e. The molecule has 1 aromatic heterocycles. The van der Waals surface area contributed by atoms with Gasteiger partial charge in [-0.15, -0.1) is 0 Å². The van der Waals surface area contributed by atoms with Crippen molar-refractivity contribution in [1.29, 1.82) is 0 Å². The molecule has 0 bridgehead atoms. The molecule has 1 N–H and O–H groups in total. The van der Waals surface area contributed by atoms with Crippen LogP contribution in [0.15, 0.2) is 30.6 Å². The van der Waals surface area contributed by atoms with E-state index in [-0.39, 0.29) is 16.7 Å². The quantitative estimate of drug-likeness (QED) is 0.523. The van der Waals surface area contributed by atoms with Crippen molar-refractivity contribution in [3.8, 4) is 0 Å². The van der Waals surface area contributed by atoms with E-state index in [1.54, 1.807) is 6.07 Å². The first-order chi connectivity index (χ1) is 8.58. The number of halogens is 1. The standard InChI is InChI=1S/C11H9ClN4O2/c1-7-3-2-4-8(5-7)15-11-9(16(17)18)10(12)13-6-14-11/h2-6H,1H3,(H,13,14,15). The lowest BCUT2D eigenvalue weighted by molar-refractivity contribution is -0.384. The largest absolute Gasteiger partial charge is 0.348 e. The summed E-state index contributed by atoms with van der Waals surface area (Å²) in [6, 6.07) is 7.39. The number of nitro groups is 1. The Balaban J connectivity index is 2.40. The number of nitrogens with zero attached hydrogens (tertiary/aromatic N) is 3. The van der Waals surface area contributed by atoms with E-state index < -0.39 is 4.92 Å². The van der Waals surface area contributed by atoms with Gasteiger partial charge in [-0.2, -0.15) is 0 Å². The monoisotopic (exact) mass is 264 g/mol. The number of aromatic nitrogens is 2. The minimum absolute atomic E-state index is 0.0746. The highest BCUT2D eigenvalue weighted by Crippen LogP contribution is 2.30. The maximum Gasteiger partial charge on any atom is 0.348 e. The molecule has 0 aliphatic rings. The number of aryl methyl sites for hydroxylation is 1. The van der Waals surface area contributed by atoms with Crippen LogP contribution in [0.5, 0.6) is 0 Å². The van der Waals surface area contributed by atoms with Crippen molar-refractivity contribution < 1.29 is 4.92 Å². The molecule has 7 heteroatoms. The zero-order valence-corrected chi connectivity index (χ0v) is 10.2. The first-order valence-corrected chi connectivity index (χ1v) is 5.44. The molecule has 0 aliphatic carbocycles. The van der Waals surface area contributed by atoms with Gasteiger partial charge in [0.25, 0.3) is 0 Å². The SMILES string of the molecule is Cc1cccc(Nc2ncnc(Cl)c2[N+](=O)[O-])c1. The normalized spacial score (nSPS) is 10.1. The fourth-order valence-electron chi connectivity index (χ4n) is 1.47. The van der Waals surface area contributed by atoms with Crippen LogP contribution in [0, 0.1) is 17.0 Å². The second-order valence-corrected chi connectivity index (χ2v) is 3.97. The van der Waals surface area contributed by atoms with Crippen LogP contribution in [0.1, 0.15) is 5.56 Å². The lowest BCUT2D eigenvalue weighted by Gasteiger charge is -2.06. The Bertz CT molecular complexity index is 603. The van der Waals surface area contributed by atoms with E-state index >= 15 is 0 Å². The molecule has 92 valence electrons. The first-order valence-electron chi connectivity index (χ1n) is 5.06. The number of rotatable bonds is 3. The molecule has 0 fully saturated rings. The van der Waals surface area contributed by atoms with Crippen molar-refractivity contribution in [3.63, 3.8) is 0 Å². The van der Waals surface area contributed by atoms with Crippen LogP contribution < -0.4 is 5.32 Å². The Morgan fingerprint density at radius 2 is 2.17 bits per heavy atom. The van der Waals surface area contributed by atoms with Crippen molar-refractivity contribution in [3.05, 3.63) is 51.4 Å². The molecule has 2 aromatic rings. The van der Waals surface area contributed by atoms with E-state index in [2.05, 4.69) is 15.3 Å². The molecular formula is C11H9ClN4O2. The van der Waals surface area contributed by atoms with E-state index in [4.69, 9.17) is 11.6 Å². The number of nitrogens with one attached hydrogen (secondary N) is 1. The van der Waals surface area contributed by atoms with Crippen LogP contribution in [-0.2, 0) is 0 Å². The minimum Gasteiger partial charge on any atom is -0.334 e. The number of hydrogen-bond acceptors (Lipinski definition) is 5. The highest BCUT2D eigenvalue weighted by Gasteiger charge is 2.21.